The summed E-state index contributed by atoms with van der Waals surface area (Å²) in [5.41, 5.74) is 5.65. The van der Waals surface area contributed by atoms with E-state index in [0.29, 0.717) is 17.2 Å². The Morgan fingerprint density at radius 2 is 1.84 bits per heavy atom. The Bertz CT molecular complexity index is 799. The van der Waals surface area contributed by atoms with Gasteiger partial charge in [0.25, 0.3) is 5.91 Å². The van der Waals surface area contributed by atoms with Gasteiger partial charge in [0.1, 0.15) is 11.5 Å². The molecule has 9 nitrogen and oxygen atoms in total. The van der Waals surface area contributed by atoms with Gasteiger partial charge in [0, 0.05) is 18.5 Å². The van der Waals surface area contributed by atoms with Crippen LogP contribution in [0.2, 0.25) is 5.02 Å². The van der Waals surface area contributed by atoms with Gasteiger partial charge >= 0.3 is 5.97 Å². The molecule has 1 amide bonds. The maximum absolute atomic E-state index is 12.0. The zero-order valence-corrected chi connectivity index (χ0v) is 14.2. The highest BCUT2D eigenvalue weighted by atomic mass is 35.5. The fourth-order valence-electron chi connectivity index (χ4n) is 1.85. The summed E-state index contributed by atoms with van der Waals surface area (Å²) in [6, 6.07) is 2.98. The van der Waals surface area contributed by atoms with E-state index < -0.39 is 18.5 Å². The van der Waals surface area contributed by atoms with Crippen LogP contribution in [0, 0.1) is 0 Å². The van der Waals surface area contributed by atoms with E-state index in [9.17, 15) is 9.59 Å². The van der Waals surface area contributed by atoms with Crippen molar-refractivity contribution in [2.75, 3.05) is 31.9 Å². The number of nitrogens with two attached hydrogens (primary N) is 1. The molecule has 25 heavy (non-hydrogen) atoms. The number of aromatic nitrogens is 2. The molecular weight excluding hydrogens is 352 g/mol. The molecule has 0 saturated carbocycles. The van der Waals surface area contributed by atoms with E-state index >= 15 is 0 Å². The van der Waals surface area contributed by atoms with E-state index in [0.717, 1.165) is 0 Å². The number of methoxy groups -OCH3 is 2. The third-order valence-corrected chi connectivity index (χ3v) is 3.30. The Hall–Kier alpha value is -3.07. The van der Waals surface area contributed by atoms with E-state index in [1.807, 2.05) is 0 Å². The summed E-state index contributed by atoms with van der Waals surface area (Å²) < 4.78 is 15.1. The Balaban J connectivity index is 2.02. The molecule has 2 aromatic rings. The minimum atomic E-state index is -0.861. The lowest BCUT2D eigenvalue weighted by atomic mass is 10.2. The molecule has 1 heterocycles. The van der Waals surface area contributed by atoms with Crippen LogP contribution in [0.3, 0.4) is 0 Å². The number of nitrogens with zero attached hydrogens (tertiary/aromatic N) is 2. The van der Waals surface area contributed by atoms with Crippen molar-refractivity contribution in [3.63, 3.8) is 0 Å². The van der Waals surface area contributed by atoms with Gasteiger partial charge in [-0.2, -0.15) is 0 Å². The van der Waals surface area contributed by atoms with Crippen LogP contribution < -0.4 is 20.5 Å². The van der Waals surface area contributed by atoms with E-state index in [-0.39, 0.29) is 16.5 Å². The number of ether oxygens (including phenoxy) is 3. The molecule has 10 heteroatoms. The SMILES string of the molecule is COc1cc(OC)c(NC(=O)COC(=O)c2nccnc2N)cc1Cl. The van der Waals surface area contributed by atoms with Crippen molar-refractivity contribution >= 4 is 35.0 Å². The zero-order valence-electron chi connectivity index (χ0n) is 13.4. The Morgan fingerprint density at radius 3 is 2.48 bits per heavy atom. The maximum Gasteiger partial charge on any atom is 0.361 e. The molecule has 0 bridgehead atoms. The van der Waals surface area contributed by atoms with Crippen molar-refractivity contribution < 1.29 is 23.8 Å². The van der Waals surface area contributed by atoms with Gasteiger partial charge in [-0.15, -0.1) is 0 Å². The van der Waals surface area contributed by atoms with Crippen LogP contribution in [0.25, 0.3) is 0 Å². The standard InChI is InChI=1S/C15H15ClN4O5/c1-23-10-6-11(24-2)9(5-8(10)16)20-12(21)7-25-15(22)13-14(17)19-4-3-18-13/h3-6H,7H2,1-2H3,(H2,17,19)(H,20,21). The van der Waals surface area contributed by atoms with Crippen LogP contribution >= 0.6 is 11.6 Å². The van der Waals surface area contributed by atoms with Gasteiger partial charge in [0.05, 0.1) is 24.9 Å². The summed E-state index contributed by atoms with van der Waals surface area (Å²) in [6.07, 6.45) is 2.62. The first-order chi connectivity index (χ1) is 12.0. The van der Waals surface area contributed by atoms with Gasteiger partial charge in [0.15, 0.2) is 18.1 Å². The second-order valence-electron chi connectivity index (χ2n) is 4.60. The second-order valence-corrected chi connectivity index (χ2v) is 5.01. The average Bonchev–Trinajstić information content (AvgIpc) is 2.60. The quantitative estimate of drug-likeness (QED) is 0.737. The number of hydrogen-bond donors (Lipinski definition) is 2. The van der Waals surface area contributed by atoms with Crippen molar-refractivity contribution in [1.82, 2.24) is 9.97 Å². The average molecular weight is 367 g/mol. The summed E-state index contributed by atoms with van der Waals surface area (Å²) in [6.45, 7) is -0.554. The number of halogens is 1. The van der Waals surface area contributed by atoms with E-state index in [2.05, 4.69) is 15.3 Å². The molecule has 0 aliphatic carbocycles. The number of benzene rings is 1. The summed E-state index contributed by atoms with van der Waals surface area (Å²) in [5, 5.41) is 2.81. The Morgan fingerprint density at radius 1 is 1.16 bits per heavy atom. The molecule has 0 aliphatic heterocycles. The number of anilines is 2. The topological polar surface area (TPSA) is 126 Å². The summed E-state index contributed by atoms with van der Waals surface area (Å²) in [4.78, 5) is 31.3. The number of rotatable bonds is 6. The van der Waals surface area contributed by atoms with Gasteiger partial charge in [-0.3, -0.25) is 4.79 Å². The second kappa shape index (κ2) is 8.15. The van der Waals surface area contributed by atoms with Crippen molar-refractivity contribution in [2.45, 2.75) is 0 Å². The minimum Gasteiger partial charge on any atom is -0.495 e. The van der Waals surface area contributed by atoms with Crippen molar-refractivity contribution in [3.05, 3.63) is 35.2 Å². The lowest BCUT2D eigenvalue weighted by molar-refractivity contribution is -0.119. The molecular formula is C15H15ClN4O5. The number of amides is 1. The maximum atomic E-state index is 12.0. The predicted molar refractivity (Wildman–Crippen MR) is 89.9 cm³/mol. The highest BCUT2D eigenvalue weighted by Crippen LogP contribution is 2.35. The highest BCUT2D eigenvalue weighted by molar-refractivity contribution is 6.32. The van der Waals surface area contributed by atoms with Crippen LogP contribution in [-0.4, -0.2) is 42.7 Å². The van der Waals surface area contributed by atoms with Gasteiger partial charge in [-0.1, -0.05) is 11.6 Å². The molecule has 0 radical (unpaired) electrons. The van der Waals surface area contributed by atoms with Gasteiger partial charge in [-0.05, 0) is 6.07 Å². The predicted octanol–water partition coefficient (Wildman–Crippen LogP) is 1.52. The molecule has 0 unspecified atom stereocenters. The molecule has 0 spiro atoms. The highest BCUT2D eigenvalue weighted by Gasteiger charge is 2.17. The number of hydrogen-bond acceptors (Lipinski definition) is 8. The molecule has 0 fully saturated rings. The van der Waals surface area contributed by atoms with Crippen molar-refractivity contribution in [3.8, 4) is 11.5 Å². The molecule has 0 atom stereocenters. The molecule has 0 aliphatic rings. The number of nitrogen functional groups attached to an aromatic ring is 1. The first kappa shape index (κ1) is 18.3. The molecule has 1 aromatic carbocycles. The molecule has 132 valence electrons. The first-order valence-corrected chi connectivity index (χ1v) is 7.29. The third-order valence-electron chi connectivity index (χ3n) is 3.00. The van der Waals surface area contributed by atoms with Gasteiger partial charge in [-0.25, -0.2) is 14.8 Å². The van der Waals surface area contributed by atoms with Gasteiger partial charge in [0.2, 0.25) is 0 Å². The molecule has 1 aromatic heterocycles. The lowest BCUT2D eigenvalue weighted by Crippen LogP contribution is -2.22. The zero-order chi connectivity index (χ0) is 18.4. The molecule has 3 N–H and O–H groups in total. The fraction of sp³-hybridized carbons (Fsp3) is 0.200. The van der Waals surface area contributed by atoms with Crippen LogP contribution in [0.4, 0.5) is 11.5 Å². The normalized spacial score (nSPS) is 10.0. The van der Waals surface area contributed by atoms with Crippen molar-refractivity contribution in [2.24, 2.45) is 0 Å². The summed E-state index contributed by atoms with van der Waals surface area (Å²) in [5.74, 6) is -0.826. The number of esters is 1. The first-order valence-electron chi connectivity index (χ1n) is 6.91. The number of carbonyl (C=O) groups is 2. The monoisotopic (exact) mass is 366 g/mol. The molecule has 2 rings (SSSR count). The Labute approximate surface area is 148 Å². The van der Waals surface area contributed by atoms with Crippen LogP contribution in [-0.2, 0) is 9.53 Å². The van der Waals surface area contributed by atoms with E-state index in [1.54, 1.807) is 0 Å². The van der Waals surface area contributed by atoms with Crippen LogP contribution in [0.5, 0.6) is 11.5 Å². The smallest absolute Gasteiger partial charge is 0.361 e. The lowest BCUT2D eigenvalue weighted by Gasteiger charge is -2.13. The van der Waals surface area contributed by atoms with E-state index in [1.165, 1.54) is 38.7 Å². The molecule has 0 saturated heterocycles. The van der Waals surface area contributed by atoms with Crippen molar-refractivity contribution in [1.29, 1.82) is 0 Å². The minimum absolute atomic E-state index is 0.0866. The summed E-state index contributed by atoms with van der Waals surface area (Å²) in [7, 11) is 2.88. The van der Waals surface area contributed by atoms with Crippen LogP contribution in [0.1, 0.15) is 10.5 Å². The van der Waals surface area contributed by atoms with Crippen LogP contribution in [0.15, 0.2) is 24.5 Å². The van der Waals surface area contributed by atoms with E-state index in [4.69, 9.17) is 31.5 Å². The fourth-order valence-corrected chi connectivity index (χ4v) is 2.09. The number of carbonyl (C=O) groups excluding carboxylic acids is 2. The summed E-state index contributed by atoms with van der Waals surface area (Å²) >= 11 is 6.02. The Kier molecular flexibility index (Phi) is 5.96. The third kappa shape index (κ3) is 4.48. The van der Waals surface area contributed by atoms with Gasteiger partial charge < -0.3 is 25.3 Å². The number of nitrogens with one attached hydrogen (secondary N) is 1. The largest absolute Gasteiger partial charge is 0.495 e.